The Balaban J connectivity index is 1.69. The Morgan fingerprint density at radius 2 is 1.78 bits per heavy atom. The van der Waals surface area contributed by atoms with Crippen LogP contribution in [-0.2, 0) is 11.2 Å². The van der Waals surface area contributed by atoms with Crippen LogP contribution >= 0.6 is 0 Å². The van der Waals surface area contributed by atoms with E-state index in [0.29, 0.717) is 12.3 Å². The van der Waals surface area contributed by atoms with Crippen LogP contribution < -0.4 is 10.1 Å². The Morgan fingerprint density at radius 3 is 2.43 bits per heavy atom. The van der Waals surface area contributed by atoms with Gasteiger partial charge in [-0.2, -0.15) is 0 Å². The number of nitrogens with one attached hydrogen (secondary N) is 1. The fourth-order valence-electron chi connectivity index (χ4n) is 2.16. The Kier molecular flexibility index (Phi) is 6.59. The monoisotopic (exact) mass is 315 g/mol. The second-order valence-corrected chi connectivity index (χ2v) is 5.21. The molecule has 2 aromatic rings. The fraction of sp³-hybridized carbons (Fsp3) is 0.278. The van der Waals surface area contributed by atoms with Gasteiger partial charge in [-0.1, -0.05) is 42.5 Å². The van der Waals surface area contributed by atoms with Crippen molar-refractivity contribution < 1.29 is 19.7 Å². The summed E-state index contributed by atoms with van der Waals surface area (Å²) < 4.78 is 5.08. The zero-order chi connectivity index (χ0) is 16.5. The highest BCUT2D eigenvalue weighted by molar-refractivity contribution is 5.68. The van der Waals surface area contributed by atoms with Crippen LogP contribution in [-0.4, -0.2) is 35.9 Å². The molecule has 0 aliphatic carbocycles. The molecule has 0 aliphatic rings. The first-order valence-electron chi connectivity index (χ1n) is 7.52. The van der Waals surface area contributed by atoms with Crippen LogP contribution in [0.1, 0.15) is 17.2 Å². The molecule has 2 rings (SSSR count). The van der Waals surface area contributed by atoms with E-state index < -0.39 is 12.1 Å². The number of rotatable bonds is 9. The number of carbonyl (C=O) groups is 1. The van der Waals surface area contributed by atoms with E-state index in [1.807, 2.05) is 42.5 Å². The number of ether oxygens (including phenoxy) is 1. The third-order valence-corrected chi connectivity index (χ3v) is 3.40. The van der Waals surface area contributed by atoms with Crippen LogP contribution in [0.25, 0.3) is 0 Å². The van der Waals surface area contributed by atoms with Gasteiger partial charge in [-0.3, -0.25) is 0 Å². The van der Waals surface area contributed by atoms with Gasteiger partial charge in [0, 0.05) is 6.54 Å². The molecule has 0 heterocycles. The van der Waals surface area contributed by atoms with E-state index in [9.17, 15) is 9.90 Å². The van der Waals surface area contributed by atoms with Crippen molar-refractivity contribution in [2.24, 2.45) is 0 Å². The van der Waals surface area contributed by atoms with Gasteiger partial charge < -0.3 is 20.3 Å². The molecule has 0 spiro atoms. The van der Waals surface area contributed by atoms with Crippen molar-refractivity contribution >= 4 is 5.97 Å². The number of aliphatic carboxylic acids is 1. The van der Waals surface area contributed by atoms with E-state index in [4.69, 9.17) is 9.84 Å². The lowest BCUT2D eigenvalue weighted by Crippen LogP contribution is -2.23. The molecule has 23 heavy (non-hydrogen) atoms. The minimum Gasteiger partial charge on any atom is -0.482 e. The average molecular weight is 315 g/mol. The molecule has 3 N–H and O–H groups in total. The number of aliphatic hydroxyl groups excluding tert-OH is 1. The third kappa shape index (κ3) is 6.10. The van der Waals surface area contributed by atoms with Gasteiger partial charge in [0.05, 0.1) is 6.10 Å². The Hall–Kier alpha value is -2.37. The summed E-state index contributed by atoms with van der Waals surface area (Å²) in [6.45, 7) is 0.918. The van der Waals surface area contributed by atoms with Crippen molar-refractivity contribution in [1.29, 1.82) is 0 Å². The predicted molar refractivity (Wildman–Crippen MR) is 87.5 cm³/mol. The maximum absolute atomic E-state index is 10.4. The van der Waals surface area contributed by atoms with Crippen LogP contribution in [0.4, 0.5) is 0 Å². The first kappa shape index (κ1) is 17.0. The third-order valence-electron chi connectivity index (χ3n) is 3.40. The zero-order valence-electron chi connectivity index (χ0n) is 12.8. The lowest BCUT2D eigenvalue weighted by Gasteiger charge is -2.12. The molecule has 122 valence electrons. The van der Waals surface area contributed by atoms with Gasteiger partial charge in [0.25, 0.3) is 0 Å². The summed E-state index contributed by atoms with van der Waals surface area (Å²) in [6, 6.07) is 16.9. The lowest BCUT2D eigenvalue weighted by atomic mass is 10.1. The highest BCUT2D eigenvalue weighted by Gasteiger charge is 2.05. The number of benzene rings is 2. The standard InChI is InChI=1S/C18H21NO4/c20-17(15-4-2-1-3-5-15)12-19-11-10-14-6-8-16(9-7-14)23-13-18(21)22/h1-9,17,19-20H,10-13H2,(H,21,22). The molecular formula is C18H21NO4. The summed E-state index contributed by atoms with van der Waals surface area (Å²) in [5, 5.41) is 21.8. The zero-order valence-corrected chi connectivity index (χ0v) is 12.8. The van der Waals surface area contributed by atoms with Crippen LogP contribution in [0.3, 0.4) is 0 Å². The number of carboxylic acid groups (broad SMARTS) is 1. The number of hydrogen-bond acceptors (Lipinski definition) is 4. The fourth-order valence-corrected chi connectivity index (χ4v) is 2.16. The van der Waals surface area contributed by atoms with Crippen molar-refractivity contribution in [2.75, 3.05) is 19.7 Å². The van der Waals surface area contributed by atoms with Gasteiger partial charge in [-0.25, -0.2) is 4.79 Å². The lowest BCUT2D eigenvalue weighted by molar-refractivity contribution is -0.139. The van der Waals surface area contributed by atoms with Crippen molar-refractivity contribution in [3.8, 4) is 5.75 Å². The van der Waals surface area contributed by atoms with Gasteiger partial charge >= 0.3 is 5.97 Å². The van der Waals surface area contributed by atoms with Gasteiger partial charge in [-0.15, -0.1) is 0 Å². The molecule has 1 atom stereocenters. The molecule has 0 bridgehead atoms. The Bertz CT molecular complexity index is 598. The topological polar surface area (TPSA) is 78.8 Å². The Morgan fingerprint density at radius 1 is 1.09 bits per heavy atom. The second-order valence-electron chi connectivity index (χ2n) is 5.21. The molecule has 0 saturated heterocycles. The largest absolute Gasteiger partial charge is 0.482 e. The quantitative estimate of drug-likeness (QED) is 0.617. The van der Waals surface area contributed by atoms with Crippen LogP contribution in [0.15, 0.2) is 54.6 Å². The van der Waals surface area contributed by atoms with E-state index in [0.717, 1.165) is 24.1 Å². The number of carboxylic acids is 1. The maximum Gasteiger partial charge on any atom is 0.341 e. The van der Waals surface area contributed by atoms with E-state index in [1.165, 1.54) is 0 Å². The molecule has 0 aromatic heterocycles. The number of hydrogen-bond donors (Lipinski definition) is 3. The smallest absolute Gasteiger partial charge is 0.341 e. The maximum atomic E-state index is 10.4. The second kappa shape index (κ2) is 8.92. The molecule has 0 saturated carbocycles. The van der Waals surface area contributed by atoms with E-state index >= 15 is 0 Å². The molecule has 0 radical (unpaired) electrons. The van der Waals surface area contributed by atoms with E-state index in [-0.39, 0.29) is 6.61 Å². The first-order chi connectivity index (χ1) is 11.1. The van der Waals surface area contributed by atoms with Gasteiger partial charge in [-0.05, 0) is 36.2 Å². The highest BCUT2D eigenvalue weighted by atomic mass is 16.5. The molecular weight excluding hydrogens is 294 g/mol. The summed E-state index contributed by atoms with van der Waals surface area (Å²) in [5.41, 5.74) is 2.02. The van der Waals surface area contributed by atoms with Crippen LogP contribution in [0.5, 0.6) is 5.75 Å². The molecule has 0 amide bonds. The van der Waals surface area contributed by atoms with Crippen LogP contribution in [0, 0.1) is 0 Å². The van der Waals surface area contributed by atoms with Gasteiger partial charge in [0.2, 0.25) is 0 Å². The Labute approximate surface area is 135 Å². The predicted octanol–water partition coefficient (Wildman–Crippen LogP) is 2.02. The first-order valence-corrected chi connectivity index (χ1v) is 7.52. The van der Waals surface area contributed by atoms with Crippen molar-refractivity contribution in [1.82, 2.24) is 5.32 Å². The van der Waals surface area contributed by atoms with Crippen molar-refractivity contribution in [3.05, 3.63) is 65.7 Å². The summed E-state index contributed by atoms with van der Waals surface area (Å²) >= 11 is 0. The summed E-state index contributed by atoms with van der Waals surface area (Å²) in [6.07, 6.45) is 0.309. The molecule has 5 heteroatoms. The minimum atomic E-state index is -0.991. The van der Waals surface area contributed by atoms with Crippen molar-refractivity contribution in [3.63, 3.8) is 0 Å². The summed E-state index contributed by atoms with van der Waals surface area (Å²) in [7, 11) is 0. The van der Waals surface area contributed by atoms with Crippen molar-refractivity contribution in [2.45, 2.75) is 12.5 Å². The molecule has 0 fully saturated rings. The summed E-state index contributed by atoms with van der Waals surface area (Å²) in [4.78, 5) is 10.4. The van der Waals surface area contributed by atoms with E-state index in [1.54, 1.807) is 12.1 Å². The molecule has 2 aromatic carbocycles. The molecule has 1 unspecified atom stereocenters. The van der Waals surface area contributed by atoms with Crippen LogP contribution in [0.2, 0.25) is 0 Å². The molecule has 5 nitrogen and oxygen atoms in total. The summed E-state index contributed by atoms with van der Waals surface area (Å²) in [5.74, 6) is -0.446. The number of aliphatic hydroxyl groups is 1. The van der Waals surface area contributed by atoms with E-state index in [2.05, 4.69) is 5.32 Å². The molecule has 0 aliphatic heterocycles. The highest BCUT2D eigenvalue weighted by Crippen LogP contribution is 2.13. The average Bonchev–Trinajstić information content (AvgIpc) is 2.58. The normalized spacial score (nSPS) is 11.9. The SMILES string of the molecule is O=C(O)COc1ccc(CCNCC(O)c2ccccc2)cc1. The van der Waals surface area contributed by atoms with Gasteiger partial charge in [0.1, 0.15) is 5.75 Å². The van der Waals surface area contributed by atoms with Gasteiger partial charge in [0.15, 0.2) is 6.61 Å². The minimum absolute atomic E-state index is 0.335.